The highest BCUT2D eigenvalue weighted by atomic mass is 19.1. The van der Waals surface area contributed by atoms with Crippen LogP contribution in [0.4, 0.5) is 10.1 Å². The summed E-state index contributed by atoms with van der Waals surface area (Å²) in [6.45, 7) is 1.69. The van der Waals surface area contributed by atoms with Crippen LogP contribution in [0.15, 0.2) is 53.3 Å². The molecule has 0 fully saturated rings. The largest absolute Gasteiger partial charge is 0.497 e. The van der Waals surface area contributed by atoms with Crippen LogP contribution in [0.3, 0.4) is 0 Å². The molecule has 0 aliphatic rings. The summed E-state index contributed by atoms with van der Waals surface area (Å²) in [5.41, 5.74) is 2.33. The van der Waals surface area contributed by atoms with Crippen LogP contribution in [0.5, 0.6) is 5.75 Å². The first-order valence-corrected chi connectivity index (χ1v) is 7.96. The zero-order valence-corrected chi connectivity index (χ0v) is 14.4. The predicted molar refractivity (Wildman–Crippen MR) is 96.8 cm³/mol. The summed E-state index contributed by atoms with van der Waals surface area (Å²) in [6.07, 6.45) is 0. The van der Waals surface area contributed by atoms with Gasteiger partial charge in [0.1, 0.15) is 18.1 Å². The lowest BCUT2D eigenvalue weighted by atomic mass is 10.1. The fraction of sp³-hybridized carbons (Fsp3) is 0.158. The summed E-state index contributed by atoms with van der Waals surface area (Å²) >= 11 is 0. The van der Waals surface area contributed by atoms with Gasteiger partial charge >= 0.3 is 0 Å². The zero-order valence-electron chi connectivity index (χ0n) is 14.4. The predicted octanol–water partition coefficient (Wildman–Crippen LogP) is 2.94. The van der Waals surface area contributed by atoms with E-state index < -0.39 is 0 Å². The van der Waals surface area contributed by atoms with Crippen molar-refractivity contribution in [2.45, 2.75) is 13.5 Å². The van der Waals surface area contributed by atoms with Gasteiger partial charge in [-0.05, 0) is 60.5 Å². The van der Waals surface area contributed by atoms with Gasteiger partial charge in [-0.3, -0.25) is 14.7 Å². The normalized spacial score (nSPS) is 10.6. The number of rotatable bonds is 5. The number of carbonyl (C=O) groups is 1. The number of carbonyl (C=O) groups excluding carboxylic acids is 1. The molecule has 2 N–H and O–H groups in total. The summed E-state index contributed by atoms with van der Waals surface area (Å²) < 4.78 is 19.3. The van der Waals surface area contributed by atoms with Gasteiger partial charge in [-0.15, -0.1) is 0 Å². The summed E-state index contributed by atoms with van der Waals surface area (Å²) in [4.78, 5) is 24.3. The van der Waals surface area contributed by atoms with Crippen LogP contribution >= 0.6 is 0 Å². The molecule has 0 aliphatic carbocycles. The molecule has 7 heteroatoms. The maximum Gasteiger partial charge on any atom is 0.267 e. The molecule has 26 heavy (non-hydrogen) atoms. The first-order chi connectivity index (χ1) is 12.5. The minimum Gasteiger partial charge on any atom is -0.497 e. The van der Waals surface area contributed by atoms with Crippen LogP contribution in [0.2, 0.25) is 0 Å². The molecule has 0 bridgehead atoms. The van der Waals surface area contributed by atoms with Crippen LogP contribution in [-0.4, -0.2) is 22.8 Å². The zero-order chi connectivity index (χ0) is 18.7. The minimum absolute atomic E-state index is 0.161. The van der Waals surface area contributed by atoms with Crippen LogP contribution < -0.4 is 15.6 Å². The molecule has 0 spiro atoms. The van der Waals surface area contributed by atoms with E-state index in [9.17, 15) is 14.0 Å². The van der Waals surface area contributed by atoms with E-state index in [2.05, 4.69) is 10.4 Å². The second-order valence-electron chi connectivity index (χ2n) is 5.83. The molecule has 1 heterocycles. The number of nitrogens with one attached hydrogen (secondary N) is 2. The number of aromatic nitrogens is 2. The van der Waals surface area contributed by atoms with E-state index in [1.165, 1.54) is 22.9 Å². The highest BCUT2D eigenvalue weighted by molar-refractivity contribution is 5.91. The summed E-state index contributed by atoms with van der Waals surface area (Å²) in [5.74, 6) is 0.00247. The molecule has 0 atom stereocenters. The summed E-state index contributed by atoms with van der Waals surface area (Å²) in [5, 5.41) is 5.64. The molecule has 134 valence electrons. The van der Waals surface area contributed by atoms with Crippen LogP contribution in [0.1, 0.15) is 5.56 Å². The molecule has 0 radical (unpaired) electrons. The minimum atomic E-state index is -0.357. The Morgan fingerprint density at radius 2 is 1.92 bits per heavy atom. The molecule has 0 aliphatic heterocycles. The van der Waals surface area contributed by atoms with Crippen molar-refractivity contribution in [1.82, 2.24) is 9.78 Å². The maximum absolute atomic E-state index is 13.0. The van der Waals surface area contributed by atoms with Gasteiger partial charge in [0.05, 0.1) is 12.8 Å². The number of H-pyrrole nitrogens is 1. The van der Waals surface area contributed by atoms with E-state index >= 15 is 0 Å². The van der Waals surface area contributed by atoms with Crippen LogP contribution in [-0.2, 0) is 11.3 Å². The number of benzene rings is 2. The number of aromatic amines is 1. The topological polar surface area (TPSA) is 76.1 Å². The number of anilines is 1. The number of aryl methyl sites for hydroxylation is 1. The van der Waals surface area contributed by atoms with Gasteiger partial charge in [0, 0.05) is 11.8 Å². The molecule has 3 aromatic rings. The van der Waals surface area contributed by atoms with Crippen molar-refractivity contribution in [2.24, 2.45) is 0 Å². The second kappa shape index (κ2) is 7.26. The van der Waals surface area contributed by atoms with E-state index in [1.54, 1.807) is 31.4 Å². The van der Waals surface area contributed by atoms with E-state index in [1.807, 2.05) is 13.0 Å². The molecule has 0 unspecified atom stereocenters. The van der Waals surface area contributed by atoms with Gasteiger partial charge in [0.15, 0.2) is 0 Å². The Morgan fingerprint density at radius 3 is 2.58 bits per heavy atom. The number of methoxy groups -OCH3 is 1. The van der Waals surface area contributed by atoms with Crippen molar-refractivity contribution in [1.29, 1.82) is 0 Å². The Balaban J connectivity index is 1.74. The summed E-state index contributed by atoms with van der Waals surface area (Å²) in [6, 6.07) is 12.4. The van der Waals surface area contributed by atoms with Gasteiger partial charge in [0.2, 0.25) is 5.91 Å². The van der Waals surface area contributed by atoms with Crippen molar-refractivity contribution in [3.63, 3.8) is 0 Å². The Morgan fingerprint density at radius 1 is 1.19 bits per heavy atom. The SMILES string of the molecule is COc1ccc(NC(=O)Cn2[nH]c(-c3ccc(F)cc3)cc2=O)c(C)c1. The molecule has 6 nitrogen and oxygen atoms in total. The number of halogens is 1. The number of hydrogen-bond acceptors (Lipinski definition) is 3. The van der Waals surface area contributed by atoms with Gasteiger partial charge in [0.25, 0.3) is 5.56 Å². The van der Waals surface area contributed by atoms with Gasteiger partial charge < -0.3 is 10.1 Å². The van der Waals surface area contributed by atoms with Gasteiger partial charge in [-0.1, -0.05) is 0 Å². The maximum atomic E-state index is 13.0. The molecular formula is C19H18FN3O3. The Labute approximate surface area is 149 Å². The fourth-order valence-corrected chi connectivity index (χ4v) is 2.57. The number of hydrogen-bond donors (Lipinski definition) is 2. The quantitative estimate of drug-likeness (QED) is 0.739. The van der Waals surface area contributed by atoms with Gasteiger partial charge in [-0.25, -0.2) is 9.07 Å². The molecular weight excluding hydrogens is 337 g/mol. The molecule has 1 aromatic heterocycles. The smallest absolute Gasteiger partial charge is 0.267 e. The third kappa shape index (κ3) is 3.83. The van der Waals surface area contributed by atoms with E-state index in [4.69, 9.17) is 4.74 Å². The number of nitrogens with zero attached hydrogens (tertiary/aromatic N) is 1. The Hall–Kier alpha value is -3.35. The lowest BCUT2D eigenvalue weighted by Gasteiger charge is -2.10. The lowest BCUT2D eigenvalue weighted by Crippen LogP contribution is -2.26. The van der Waals surface area contributed by atoms with Crippen molar-refractivity contribution < 1.29 is 13.9 Å². The average Bonchev–Trinajstić information content (AvgIpc) is 2.98. The molecule has 0 saturated carbocycles. The third-order valence-electron chi connectivity index (χ3n) is 3.95. The average molecular weight is 355 g/mol. The van der Waals surface area contributed by atoms with Crippen molar-refractivity contribution >= 4 is 11.6 Å². The molecule has 0 saturated heterocycles. The van der Waals surface area contributed by atoms with Crippen molar-refractivity contribution in [3.05, 3.63) is 70.3 Å². The van der Waals surface area contributed by atoms with E-state index in [0.717, 1.165) is 5.56 Å². The molecule has 3 rings (SSSR count). The first kappa shape index (κ1) is 17.5. The van der Waals surface area contributed by atoms with Gasteiger partial charge in [-0.2, -0.15) is 0 Å². The van der Waals surface area contributed by atoms with Crippen LogP contribution in [0.25, 0.3) is 11.3 Å². The molecule has 2 aromatic carbocycles. The Bertz CT molecular complexity index is 990. The highest BCUT2D eigenvalue weighted by Gasteiger charge is 2.11. The second-order valence-corrected chi connectivity index (χ2v) is 5.83. The lowest BCUT2D eigenvalue weighted by molar-refractivity contribution is -0.117. The van der Waals surface area contributed by atoms with Crippen LogP contribution in [0, 0.1) is 12.7 Å². The fourth-order valence-electron chi connectivity index (χ4n) is 2.57. The monoisotopic (exact) mass is 355 g/mol. The van der Waals surface area contributed by atoms with Crippen molar-refractivity contribution in [3.8, 4) is 17.0 Å². The standard InChI is InChI=1S/C19H18FN3O3/c1-12-9-15(26-2)7-8-16(12)21-18(24)11-23-19(25)10-17(22-23)13-3-5-14(20)6-4-13/h3-10,22H,11H2,1-2H3,(H,21,24). The molecule has 1 amide bonds. The number of ether oxygens (including phenoxy) is 1. The highest BCUT2D eigenvalue weighted by Crippen LogP contribution is 2.21. The Kier molecular flexibility index (Phi) is 4.88. The van der Waals surface area contributed by atoms with E-state index in [-0.39, 0.29) is 23.8 Å². The van der Waals surface area contributed by atoms with E-state index in [0.29, 0.717) is 22.7 Å². The first-order valence-electron chi connectivity index (χ1n) is 7.96. The summed E-state index contributed by atoms with van der Waals surface area (Å²) in [7, 11) is 1.57. The van der Waals surface area contributed by atoms with Crippen molar-refractivity contribution in [2.75, 3.05) is 12.4 Å². The third-order valence-corrected chi connectivity index (χ3v) is 3.95. The number of amides is 1.